The molecule has 1 aliphatic heterocycles. The smallest absolute Gasteiger partial charge is 0.256 e. The molecular weight excluding hydrogens is 280 g/mol. The minimum Gasteiger partial charge on any atom is -0.359 e. The zero-order valence-corrected chi connectivity index (χ0v) is 11.6. The summed E-state index contributed by atoms with van der Waals surface area (Å²) in [6.07, 6.45) is 3.40. The molecule has 3 aromatic rings. The minimum absolute atomic E-state index is 0.0288. The summed E-state index contributed by atoms with van der Waals surface area (Å²) in [5.41, 5.74) is 2.87. The number of nitrogens with zero attached hydrogens (tertiary/aromatic N) is 4. The van der Waals surface area contributed by atoms with E-state index in [0.717, 1.165) is 11.4 Å². The average molecular weight is 292 g/mol. The van der Waals surface area contributed by atoms with Gasteiger partial charge in [-0.2, -0.15) is 0 Å². The summed E-state index contributed by atoms with van der Waals surface area (Å²) < 4.78 is 5.32. The Hall–Kier alpha value is -3.02. The highest BCUT2D eigenvalue weighted by molar-refractivity contribution is 5.97. The first-order chi connectivity index (χ1) is 10.8. The number of amides is 1. The summed E-state index contributed by atoms with van der Waals surface area (Å²) >= 11 is 0. The predicted molar refractivity (Wildman–Crippen MR) is 77.5 cm³/mol. The number of fused-ring (bicyclic) bond motifs is 1. The van der Waals surface area contributed by atoms with Crippen LogP contribution in [0.3, 0.4) is 0 Å². The largest absolute Gasteiger partial charge is 0.359 e. The fourth-order valence-electron chi connectivity index (χ4n) is 2.52. The van der Waals surface area contributed by atoms with Crippen LogP contribution in [0.1, 0.15) is 21.8 Å². The Bertz CT molecular complexity index is 829. The Morgan fingerprint density at radius 1 is 1.09 bits per heavy atom. The SMILES string of the molecule is O=C1c2cccnc2CN1Cc1cc(-c2ccccn2)no1. The van der Waals surface area contributed by atoms with Gasteiger partial charge in [-0.15, -0.1) is 0 Å². The molecule has 0 saturated carbocycles. The molecule has 0 N–H and O–H groups in total. The van der Waals surface area contributed by atoms with E-state index in [9.17, 15) is 4.79 Å². The first-order valence-electron chi connectivity index (χ1n) is 6.91. The Kier molecular flexibility index (Phi) is 2.93. The van der Waals surface area contributed by atoms with Gasteiger partial charge in [0.25, 0.3) is 5.91 Å². The molecule has 0 aliphatic carbocycles. The highest BCUT2D eigenvalue weighted by Crippen LogP contribution is 2.24. The molecule has 4 rings (SSSR count). The third kappa shape index (κ3) is 2.14. The van der Waals surface area contributed by atoms with Gasteiger partial charge in [0, 0.05) is 18.5 Å². The van der Waals surface area contributed by atoms with Gasteiger partial charge in [0.2, 0.25) is 0 Å². The van der Waals surface area contributed by atoms with E-state index in [1.54, 1.807) is 29.4 Å². The summed E-state index contributed by atoms with van der Waals surface area (Å²) in [6, 6.07) is 11.0. The Morgan fingerprint density at radius 2 is 2.00 bits per heavy atom. The molecule has 0 saturated heterocycles. The molecule has 0 fully saturated rings. The van der Waals surface area contributed by atoms with Gasteiger partial charge < -0.3 is 9.42 Å². The first-order valence-corrected chi connectivity index (χ1v) is 6.91. The van der Waals surface area contributed by atoms with Crippen molar-refractivity contribution in [2.24, 2.45) is 0 Å². The van der Waals surface area contributed by atoms with Gasteiger partial charge in [0.15, 0.2) is 5.76 Å². The van der Waals surface area contributed by atoms with Crippen molar-refractivity contribution >= 4 is 5.91 Å². The lowest BCUT2D eigenvalue weighted by Crippen LogP contribution is -2.22. The van der Waals surface area contributed by atoms with Gasteiger partial charge in [-0.25, -0.2) is 0 Å². The Balaban J connectivity index is 1.54. The molecule has 22 heavy (non-hydrogen) atoms. The molecule has 0 unspecified atom stereocenters. The molecule has 108 valence electrons. The molecule has 4 heterocycles. The zero-order valence-electron chi connectivity index (χ0n) is 11.6. The molecule has 0 atom stereocenters. The molecule has 0 spiro atoms. The topological polar surface area (TPSA) is 72.1 Å². The third-order valence-corrected chi connectivity index (χ3v) is 3.58. The lowest BCUT2D eigenvalue weighted by Gasteiger charge is -2.12. The van der Waals surface area contributed by atoms with Crippen molar-refractivity contribution in [3.8, 4) is 11.4 Å². The molecular formula is C16H12N4O2. The fourth-order valence-corrected chi connectivity index (χ4v) is 2.52. The minimum atomic E-state index is -0.0288. The maximum absolute atomic E-state index is 12.3. The zero-order chi connectivity index (χ0) is 14.9. The van der Waals surface area contributed by atoms with Crippen LogP contribution in [0.4, 0.5) is 0 Å². The second kappa shape index (κ2) is 5.07. The number of carbonyl (C=O) groups excluding carboxylic acids is 1. The van der Waals surface area contributed by atoms with Gasteiger partial charge in [-0.3, -0.25) is 14.8 Å². The molecule has 6 nitrogen and oxygen atoms in total. The normalized spacial score (nSPS) is 13.5. The maximum Gasteiger partial charge on any atom is 0.256 e. The highest BCUT2D eigenvalue weighted by atomic mass is 16.5. The van der Waals surface area contributed by atoms with Gasteiger partial charge in [0.05, 0.1) is 30.0 Å². The van der Waals surface area contributed by atoms with Crippen LogP contribution in [0.25, 0.3) is 11.4 Å². The van der Waals surface area contributed by atoms with Crippen molar-refractivity contribution in [2.45, 2.75) is 13.1 Å². The van der Waals surface area contributed by atoms with Crippen LogP contribution < -0.4 is 0 Å². The van der Waals surface area contributed by atoms with Crippen molar-refractivity contribution in [3.05, 3.63) is 65.8 Å². The standard InChI is InChI=1S/C16H12N4O2/c21-16-12-4-3-7-18-15(12)10-20(16)9-11-8-14(19-22-11)13-5-1-2-6-17-13/h1-8H,9-10H2. The van der Waals surface area contributed by atoms with E-state index in [0.29, 0.717) is 30.1 Å². The predicted octanol–water partition coefficient (Wildman–Crippen LogP) is 2.29. The number of carbonyl (C=O) groups is 1. The van der Waals surface area contributed by atoms with Crippen molar-refractivity contribution in [1.29, 1.82) is 0 Å². The molecule has 1 amide bonds. The van der Waals surface area contributed by atoms with Crippen molar-refractivity contribution in [1.82, 2.24) is 20.0 Å². The Labute approximate surface area is 126 Å². The summed E-state index contributed by atoms with van der Waals surface area (Å²) in [5, 5.41) is 4.01. The van der Waals surface area contributed by atoms with E-state index in [-0.39, 0.29) is 5.91 Å². The summed E-state index contributed by atoms with van der Waals surface area (Å²) in [7, 11) is 0. The van der Waals surface area contributed by atoms with E-state index in [1.807, 2.05) is 24.3 Å². The van der Waals surface area contributed by atoms with Crippen molar-refractivity contribution in [2.75, 3.05) is 0 Å². The van der Waals surface area contributed by atoms with Crippen LogP contribution >= 0.6 is 0 Å². The summed E-state index contributed by atoms with van der Waals surface area (Å²) in [5.74, 6) is 0.598. The van der Waals surface area contributed by atoms with Gasteiger partial charge in [-0.1, -0.05) is 11.2 Å². The second-order valence-corrected chi connectivity index (χ2v) is 5.05. The number of rotatable bonds is 3. The number of pyridine rings is 2. The van der Waals surface area contributed by atoms with E-state index in [1.165, 1.54) is 0 Å². The van der Waals surface area contributed by atoms with Crippen molar-refractivity contribution in [3.63, 3.8) is 0 Å². The van der Waals surface area contributed by atoms with E-state index < -0.39 is 0 Å². The van der Waals surface area contributed by atoms with Crippen LogP contribution in [-0.2, 0) is 13.1 Å². The van der Waals surface area contributed by atoms with Gasteiger partial charge >= 0.3 is 0 Å². The van der Waals surface area contributed by atoms with Crippen LogP contribution in [0, 0.1) is 0 Å². The van der Waals surface area contributed by atoms with Gasteiger partial charge in [-0.05, 0) is 24.3 Å². The third-order valence-electron chi connectivity index (χ3n) is 3.58. The van der Waals surface area contributed by atoms with E-state index in [2.05, 4.69) is 15.1 Å². The Morgan fingerprint density at radius 3 is 2.82 bits per heavy atom. The maximum atomic E-state index is 12.3. The second-order valence-electron chi connectivity index (χ2n) is 5.05. The molecule has 0 bridgehead atoms. The van der Waals surface area contributed by atoms with E-state index >= 15 is 0 Å². The first kappa shape index (κ1) is 12.7. The van der Waals surface area contributed by atoms with Crippen LogP contribution in [0.15, 0.2) is 53.3 Å². The number of hydrogen-bond donors (Lipinski definition) is 0. The molecule has 1 aliphatic rings. The molecule has 6 heteroatoms. The fraction of sp³-hybridized carbons (Fsp3) is 0.125. The van der Waals surface area contributed by atoms with E-state index in [4.69, 9.17) is 4.52 Å². The molecule has 3 aromatic heterocycles. The monoisotopic (exact) mass is 292 g/mol. The molecule has 0 aromatic carbocycles. The van der Waals surface area contributed by atoms with Crippen LogP contribution in [0.5, 0.6) is 0 Å². The summed E-state index contributed by atoms with van der Waals surface area (Å²) in [4.78, 5) is 22.4. The molecule has 0 radical (unpaired) electrons. The van der Waals surface area contributed by atoms with Crippen LogP contribution in [0.2, 0.25) is 0 Å². The van der Waals surface area contributed by atoms with Gasteiger partial charge in [0.1, 0.15) is 5.69 Å². The highest BCUT2D eigenvalue weighted by Gasteiger charge is 2.29. The van der Waals surface area contributed by atoms with Crippen LogP contribution in [-0.4, -0.2) is 25.9 Å². The average Bonchev–Trinajstić information content (AvgIpc) is 3.15. The van der Waals surface area contributed by atoms with Crippen molar-refractivity contribution < 1.29 is 9.32 Å². The number of hydrogen-bond acceptors (Lipinski definition) is 5. The lowest BCUT2D eigenvalue weighted by molar-refractivity contribution is 0.0751. The lowest BCUT2D eigenvalue weighted by atomic mass is 10.2. The number of aromatic nitrogens is 3. The summed E-state index contributed by atoms with van der Waals surface area (Å²) in [6.45, 7) is 0.865. The quantitative estimate of drug-likeness (QED) is 0.740.